The van der Waals surface area contributed by atoms with Gasteiger partial charge in [0.15, 0.2) is 6.23 Å². The molecule has 8 heteroatoms. The van der Waals surface area contributed by atoms with Gasteiger partial charge in [0.1, 0.15) is 18.3 Å². The lowest BCUT2D eigenvalue weighted by atomic mass is 10.0. The summed E-state index contributed by atoms with van der Waals surface area (Å²) >= 11 is 0. The topological polar surface area (TPSA) is 125 Å². The number of hydrogen-bond acceptors (Lipinski definition) is 6. The molecule has 2 rings (SSSR count). The highest BCUT2D eigenvalue weighted by Gasteiger charge is 2.39. The van der Waals surface area contributed by atoms with Crippen molar-refractivity contribution in [3.05, 3.63) is 33.1 Å². The van der Waals surface area contributed by atoms with Gasteiger partial charge in [-0.25, -0.2) is 9.36 Å². The Balaban J connectivity index is 2.41. The van der Waals surface area contributed by atoms with E-state index in [9.17, 15) is 24.9 Å². The number of ether oxygens (including phenoxy) is 1. The van der Waals surface area contributed by atoms with Crippen LogP contribution in [0.5, 0.6) is 0 Å². The third kappa shape index (κ3) is 2.03. The first-order valence-corrected chi connectivity index (χ1v) is 4.98. The van der Waals surface area contributed by atoms with Gasteiger partial charge in [0, 0.05) is 12.3 Å². The van der Waals surface area contributed by atoms with Crippen LogP contribution in [0.15, 0.2) is 21.9 Å². The van der Waals surface area contributed by atoms with E-state index < -0.39 is 35.8 Å². The Hall–Kier alpha value is -1.48. The number of rotatable bonds is 1. The van der Waals surface area contributed by atoms with Crippen molar-refractivity contribution in [1.29, 1.82) is 0 Å². The molecule has 1 saturated heterocycles. The molecular weight excluding hydrogens is 232 g/mol. The van der Waals surface area contributed by atoms with Crippen LogP contribution in [0, 0.1) is 0 Å². The van der Waals surface area contributed by atoms with Gasteiger partial charge < -0.3 is 25.0 Å². The van der Waals surface area contributed by atoms with Crippen LogP contribution in [0.4, 0.5) is 0 Å². The van der Waals surface area contributed by atoms with Crippen LogP contribution < -0.4 is 11.2 Å². The monoisotopic (exact) mass is 244 g/mol. The first-order chi connectivity index (χ1) is 8.02. The normalized spacial score (nSPS) is 33.6. The summed E-state index contributed by atoms with van der Waals surface area (Å²) in [4.78, 5) is 25.2. The third-order valence-corrected chi connectivity index (χ3v) is 2.62. The molecule has 1 aliphatic rings. The SMILES string of the molecule is O=c1cc[nH]c(=O)n1C1OC[C@@H](O)[C@@H](O)[C@H]1O. The molecule has 8 nitrogen and oxygen atoms in total. The van der Waals surface area contributed by atoms with E-state index in [1.54, 1.807) is 0 Å². The number of H-pyrrole nitrogens is 1. The molecule has 4 N–H and O–H groups in total. The second-order valence-electron chi connectivity index (χ2n) is 3.76. The maximum atomic E-state index is 11.5. The fourth-order valence-electron chi connectivity index (χ4n) is 1.69. The predicted molar refractivity (Wildman–Crippen MR) is 54.3 cm³/mol. The molecule has 2 heterocycles. The molecular formula is C9H12N2O6. The Morgan fingerprint density at radius 1 is 1.29 bits per heavy atom. The van der Waals surface area contributed by atoms with Crippen LogP contribution in [0.1, 0.15) is 6.23 Å². The summed E-state index contributed by atoms with van der Waals surface area (Å²) in [5, 5.41) is 28.4. The highest BCUT2D eigenvalue weighted by atomic mass is 16.5. The number of nitrogens with one attached hydrogen (secondary N) is 1. The van der Waals surface area contributed by atoms with Gasteiger partial charge >= 0.3 is 5.69 Å². The Labute approximate surface area is 94.7 Å². The van der Waals surface area contributed by atoms with Crippen molar-refractivity contribution in [3.63, 3.8) is 0 Å². The number of aromatic nitrogens is 2. The Kier molecular flexibility index (Phi) is 3.11. The van der Waals surface area contributed by atoms with Gasteiger partial charge in [0.2, 0.25) is 0 Å². The van der Waals surface area contributed by atoms with E-state index in [1.807, 2.05) is 0 Å². The second kappa shape index (κ2) is 4.41. The van der Waals surface area contributed by atoms with E-state index in [4.69, 9.17) is 4.74 Å². The lowest BCUT2D eigenvalue weighted by Gasteiger charge is -2.35. The van der Waals surface area contributed by atoms with Crippen molar-refractivity contribution in [2.75, 3.05) is 6.61 Å². The number of aliphatic hydroxyl groups is 3. The minimum absolute atomic E-state index is 0.274. The molecule has 4 atom stereocenters. The largest absolute Gasteiger partial charge is 0.388 e. The summed E-state index contributed by atoms with van der Waals surface area (Å²) in [6.45, 7) is -0.274. The quantitative estimate of drug-likeness (QED) is 0.421. The van der Waals surface area contributed by atoms with E-state index in [0.29, 0.717) is 4.57 Å². The number of nitrogens with zero attached hydrogens (tertiary/aromatic N) is 1. The molecule has 0 amide bonds. The van der Waals surface area contributed by atoms with Gasteiger partial charge in [-0.15, -0.1) is 0 Å². The van der Waals surface area contributed by atoms with Crippen molar-refractivity contribution in [1.82, 2.24) is 9.55 Å². The summed E-state index contributed by atoms with van der Waals surface area (Å²) < 4.78 is 5.66. The molecule has 1 aromatic heterocycles. The van der Waals surface area contributed by atoms with Crippen molar-refractivity contribution in [3.8, 4) is 0 Å². The molecule has 1 aliphatic heterocycles. The molecule has 0 spiro atoms. The van der Waals surface area contributed by atoms with Crippen molar-refractivity contribution in [2.45, 2.75) is 24.5 Å². The number of hydrogen-bond donors (Lipinski definition) is 4. The number of aliphatic hydroxyl groups excluding tert-OH is 3. The van der Waals surface area contributed by atoms with E-state index in [2.05, 4.69) is 4.98 Å². The van der Waals surface area contributed by atoms with Crippen LogP contribution in [0.3, 0.4) is 0 Å². The zero-order valence-corrected chi connectivity index (χ0v) is 8.68. The standard InChI is InChI=1S/C9H12N2O6/c12-4-3-17-8(7(15)6(4)14)11-5(13)1-2-10-9(11)16/h1-2,4,6-8,12,14-15H,3H2,(H,10,16)/t4-,6-,7-,8?/m1/s1. The molecule has 94 valence electrons. The van der Waals surface area contributed by atoms with E-state index >= 15 is 0 Å². The zero-order chi connectivity index (χ0) is 12.6. The van der Waals surface area contributed by atoms with Gasteiger partial charge in [-0.05, 0) is 0 Å². The van der Waals surface area contributed by atoms with Crippen molar-refractivity contribution >= 4 is 0 Å². The van der Waals surface area contributed by atoms with Gasteiger partial charge in [0.25, 0.3) is 5.56 Å². The molecule has 17 heavy (non-hydrogen) atoms. The fraction of sp³-hybridized carbons (Fsp3) is 0.556. The molecule has 0 radical (unpaired) electrons. The molecule has 0 bridgehead atoms. The van der Waals surface area contributed by atoms with Crippen LogP contribution >= 0.6 is 0 Å². The average molecular weight is 244 g/mol. The fourth-order valence-corrected chi connectivity index (χ4v) is 1.69. The smallest absolute Gasteiger partial charge is 0.330 e. The summed E-state index contributed by atoms with van der Waals surface area (Å²) in [6.07, 6.45) is -4.42. The molecule has 0 aromatic carbocycles. The predicted octanol–water partition coefficient (Wildman–Crippen LogP) is -2.85. The van der Waals surface area contributed by atoms with Crippen LogP contribution in [-0.4, -0.2) is 49.8 Å². The Morgan fingerprint density at radius 2 is 2.00 bits per heavy atom. The Morgan fingerprint density at radius 3 is 2.65 bits per heavy atom. The summed E-state index contributed by atoms with van der Waals surface area (Å²) in [7, 11) is 0. The highest BCUT2D eigenvalue weighted by molar-refractivity contribution is 4.90. The molecule has 1 unspecified atom stereocenters. The maximum Gasteiger partial charge on any atom is 0.330 e. The molecule has 0 aliphatic carbocycles. The van der Waals surface area contributed by atoms with Gasteiger partial charge in [0.05, 0.1) is 6.61 Å². The maximum absolute atomic E-state index is 11.5. The lowest BCUT2D eigenvalue weighted by Crippen LogP contribution is -2.54. The molecule has 0 saturated carbocycles. The van der Waals surface area contributed by atoms with Gasteiger partial charge in [-0.2, -0.15) is 0 Å². The van der Waals surface area contributed by atoms with E-state index in [1.165, 1.54) is 6.20 Å². The van der Waals surface area contributed by atoms with Crippen LogP contribution in [0.2, 0.25) is 0 Å². The first-order valence-electron chi connectivity index (χ1n) is 4.98. The zero-order valence-electron chi connectivity index (χ0n) is 8.68. The van der Waals surface area contributed by atoms with E-state index in [-0.39, 0.29) is 6.61 Å². The average Bonchev–Trinajstić information content (AvgIpc) is 2.29. The summed E-state index contributed by atoms with van der Waals surface area (Å²) in [5.74, 6) is 0. The van der Waals surface area contributed by atoms with Crippen LogP contribution in [-0.2, 0) is 4.74 Å². The molecule has 1 fully saturated rings. The lowest BCUT2D eigenvalue weighted by molar-refractivity contribution is -0.212. The first kappa shape index (κ1) is 12.0. The minimum atomic E-state index is -1.56. The second-order valence-corrected chi connectivity index (χ2v) is 3.76. The highest BCUT2D eigenvalue weighted by Crippen LogP contribution is 2.21. The third-order valence-electron chi connectivity index (χ3n) is 2.62. The van der Waals surface area contributed by atoms with Crippen LogP contribution in [0.25, 0.3) is 0 Å². The Bertz CT molecular complexity index is 480. The van der Waals surface area contributed by atoms with Gasteiger partial charge in [-0.3, -0.25) is 4.79 Å². The van der Waals surface area contributed by atoms with E-state index in [0.717, 1.165) is 6.07 Å². The molecule has 1 aromatic rings. The van der Waals surface area contributed by atoms with Gasteiger partial charge in [-0.1, -0.05) is 0 Å². The van der Waals surface area contributed by atoms with Crippen molar-refractivity contribution in [2.24, 2.45) is 0 Å². The minimum Gasteiger partial charge on any atom is -0.388 e. The number of aromatic amines is 1. The summed E-state index contributed by atoms with van der Waals surface area (Å²) in [6, 6.07) is 1.09. The summed E-state index contributed by atoms with van der Waals surface area (Å²) in [5.41, 5.74) is -1.42. The van der Waals surface area contributed by atoms with Crippen molar-refractivity contribution < 1.29 is 20.1 Å².